The topological polar surface area (TPSA) is 85.2 Å². The fourth-order valence-electron chi connectivity index (χ4n) is 2.91. The largest absolute Gasteiger partial charge is 0.460 e. The molecular weight excluding hydrogens is 363 g/mol. The van der Waals surface area contributed by atoms with Gasteiger partial charge < -0.3 is 9.15 Å². The molecule has 0 saturated heterocycles. The van der Waals surface area contributed by atoms with Crippen molar-refractivity contribution < 1.29 is 13.5 Å². The Morgan fingerprint density at radius 1 is 1.00 bits per heavy atom. The van der Waals surface area contributed by atoms with Gasteiger partial charge in [-0.15, -0.1) is 0 Å². The molecule has 2 aromatic heterocycles. The second-order valence-corrected chi connectivity index (χ2v) is 6.18. The molecule has 7 heteroatoms. The number of halogens is 1. The third-order valence-electron chi connectivity index (χ3n) is 4.23. The zero-order valence-corrected chi connectivity index (χ0v) is 14.6. The number of hydrogen-bond acceptors (Lipinski definition) is 5. The lowest BCUT2D eigenvalue weighted by atomic mass is 10.0. The van der Waals surface area contributed by atoms with Crippen LogP contribution in [0.5, 0.6) is 6.01 Å². The Hall–Kier alpha value is -3.74. The number of H-pyrrole nitrogens is 1. The van der Waals surface area contributed by atoms with Gasteiger partial charge in [-0.2, -0.15) is 4.98 Å². The fraction of sp³-hybridized carbons (Fsp3) is 0.0952. The Morgan fingerprint density at radius 2 is 1.75 bits per heavy atom. The predicted octanol–water partition coefficient (Wildman–Crippen LogP) is 3.19. The summed E-state index contributed by atoms with van der Waals surface area (Å²) in [5.41, 5.74) is 0.524. The normalized spacial score (nSPS) is 10.9. The first kappa shape index (κ1) is 17.7. The lowest BCUT2D eigenvalue weighted by Crippen LogP contribution is -2.15. The second-order valence-electron chi connectivity index (χ2n) is 6.18. The van der Waals surface area contributed by atoms with Crippen LogP contribution in [0.25, 0.3) is 11.1 Å². The third kappa shape index (κ3) is 3.68. The highest BCUT2D eigenvalue weighted by molar-refractivity contribution is 5.76. The van der Waals surface area contributed by atoms with Crippen molar-refractivity contribution in [3.63, 3.8) is 0 Å². The van der Waals surface area contributed by atoms with Gasteiger partial charge >= 0.3 is 5.63 Å². The summed E-state index contributed by atoms with van der Waals surface area (Å²) in [6.45, 7) is -0.130. The summed E-state index contributed by atoms with van der Waals surface area (Å²) >= 11 is 0. The summed E-state index contributed by atoms with van der Waals surface area (Å²) in [5.74, 6) is -0.428. The number of benzene rings is 2. The number of fused-ring (bicyclic) bond motifs is 1. The maximum Gasteiger partial charge on any atom is 0.337 e. The average molecular weight is 378 g/mol. The maximum absolute atomic E-state index is 13.7. The second kappa shape index (κ2) is 7.48. The molecule has 0 aliphatic rings. The molecule has 4 rings (SSSR count). The van der Waals surface area contributed by atoms with E-state index in [9.17, 15) is 14.0 Å². The number of aromatic nitrogens is 2. The molecule has 0 radical (unpaired) electrons. The van der Waals surface area contributed by atoms with Gasteiger partial charge in [-0.1, -0.05) is 48.5 Å². The molecule has 2 heterocycles. The Labute approximate surface area is 158 Å². The molecule has 0 spiro atoms. The molecule has 0 unspecified atom stereocenters. The summed E-state index contributed by atoms with van der Waals surface area (Å²) in [5, 5.41) is 0.182. The minimum atomic E-state index is -0.614. The third-order valence-corrected chi connectivity index (χ3v) is 4.23. The van der Waals surface area contributed by atoms with Gasteiger partial charge in [0, 0.05) is 11.6 Å². The molecule has 140 valence electrons. The van der Waals surface area contributed by atoms with Crippen LogP contribution in [0.15, 0.2) is 74.7 Å². The van der Waals surface area contributed by atoms with Crippen LogP contribution in [0.3, 0.4) is 0 Å². The van der Waals surface area contributed by atoms with Crippen molar-refractivity contribution in [2.45, 2.75) is 13.0 Å². The van der Waals surface area contributed by atoms with E-state index in [1.165, 1.54) is 12.1 Å². The van der Waals surface area contributed by atoms with Gasteiger partial charge in [-0.05, 0) is 23.6 Å². The number of ether oxygens (including phenoxy) is 1. The Balaban J connectivity index is 1.70. The van der Waals surface area contributed by atoms with Gasteiger partial charge in [0.2, 0.25) is 5.71 Å². The Bertz CT molecular complexity index is 1250. The standard InChI is InChI=1S/C21H15FN2O4/c22-16-9-5-4-8-14(16)12-27-21-23-19(26)18-15(10-13-6-2-1-3-7-13)11-17(25)28-20(18)24-21/h1-9,11H,10,12H2,(H,23,24,26). The van der Waals surface area contributed by atoms with Crippen LogP contribution in [0, 0.1) is 5.82 Å². The molecule has 0 atom stereocenters. The van der Waals surface area contributed by atoms with Gasteiger partial charge in [0.05, 0.1) is 0 Å². The van der Waals surface area contributed by atoms with Crippen molar-refractivity contribution in [2.24, 2.45) is 0 Å². The monoisotopic (exact) mass is 378 g/mol. The van der Waals surface area contributed by atoms with Crippen LogP contribution in [0.2, 0.25) is 0 Å². The van der Waals surface area contributed by atoms with Crippen molar-refractivity contribution in [3.05, 3.63) is 104 Å². The first-order chi connectivity index (χ1) is 13.6. The zero-order valence-electron chi connectivity index (χ0n) is 14.6. The van der Waals surface area contributed by atoms with Crippen LogP contribution >= 0.6 is 0 Å². The molecule has 0 fully saturated rings. The molecule has 2 aromatic carbocycles. The van der Waals surface area contributed by atoms with Crippen molar-refractivity contribution in [1.82, 2.24) is 9.97 Å². The first-order valence-electron chi connectivity index (χ1n) is 8.57. The van der Waals surface area contributed by atoms with E-state index in [2.05, 4.69) is 9.97 Å². The van der Waals surface area contributed by atoms with Gasteiger partial charge in [0.25, 0.3) is 11.6 Å². The van der Waals surface area contributed by atoms with Crippen LogP contribution in [0.1, 0.15) is 16.7 Å². The first-order valence-corrected chi connectivity index (χ1v) is 8.57. The molecule has 0 aliphatic heterocycles. The van der Waals surface area contributed by atoms with Gasteiger partial charge in [0.1, 0.15) is 17.8 Å². The lowest BCUT2D eigenvalue weighted by Gasteiger charge is -2.08. The quantitative estimate of drug-likeness (QED) is 0.577. The lowest BCUT2D eigenvalue weighted by molar-refractivity contribution is 0.274. The average Bonchev–Trinajstić information content (AvgIpc) is 2.67. The number of aromatic amines is 1. The number of nitrogens with zero attached hydrogens (tertiary/aromatic N) is 1. The molecule has 0 amide bonds. The molecule has 4 aromatic rings. The predicted molar refractivity (Wildman–Crippen MR) is 101 cm³/mol. The highest BCUT2D eigenvalue weighted by Crippen LogP contribution is 2.17. The maximum atomic E-state index is 13.7. The summed E-state index contributed by atoms with van der Waals surface area (Å²) < 4.78 is 24.2. The summed E-state index contributed by atoms with van der Waals surface area (Å²) in [6.07, 6.45) is 0.378. The molecular formula is C21H15FN2O4. The van der Waals surface area contributed by atoms with Gasteiger partial charge in [-0.3, -0.25) is 9.78 Å². The minimum Gasteiger partial charge on any atom is -0.460 e. The van der Waals surface area contributed by atoms with E-state index < -0.39 is 17.0 Å². The van der Waals surface area contributed by atoms with Crippen molar-refractivity contribution in [3.8, 4) is 6.01 Å². The van der Waals surface area contributed by atoms with E-state index in [1.54, 1.807) is 18.2 Å². The van der Waals surface area contributed by atoms with Crippen LogP contribution in [0.4, 0.5) is 4.39 Å². The molecule has 6 nitrogen and oxygen atoms in total. The minimum absolute atomic E-state index is 0.120. The molecule has 28 heavy (non-hydrogen) atoms. The van der Waals surface area contributed by atoms with E-state index >= 15 is 0 Å². The number of hydrogen-bond donors (Lipinski definition) is 1. The summed E-state index contributed by atoms with van der Waals surface area (Å²) in [7, 11) is 0. The van der Waals surface area contributed by atoms with E-state index in [0.717, 1.165) is 5.56 Å². The molecule has 0 bridgehead atoms. The van der Waals surface area contributed by atoms with Crippen LogP contribution < -0.4 is 15.9 Å². The molecule has 1 N–H and O–H groups in total. The van der Waals surface area contributed by atoms with Crippen molar-refractivity contribution in [2.75, 3.05) is 0 Å². The zero-order chi connectivity index (χ0) is 19.5. The Morgan fingerprint density at radius 3 is 2.54 bits per heavy atom. The van der Waals surface area contributed by atoms with Crippen LogP contribution in [-0.2, 0) is 13.0 Å². The van der Waals surface area contributed by atoms with E-state index in [0.29, 0.717) is 17.5 Å². The summed E-state index contributed by atoms with van der Waals surface area (Å²) in [6, 6.07) is 16.7. The van der Waals surface area contributed by atoms with E-state index in [4.69, 9.17) is 9.15 Å². The van der Waals surface area contributed by atoms with Crippen LogP contribution in [-0.4, -0.2) is 9.97 Å². The molecule has 0 aliphatic carbocycles. The highest BCUT2D eigenvalue weighted by Gasteiger charge is 2.14. The van der Waals surface area contributed by atoms with Crippen molar-refractivity contribution >= 4 is 11.1 Å². The smallest absolute Gasteiger partial charge is 0.337 e. The SMILES string of the molecule is O=c1cc(Cc2ccccc2)c2c(=O)[nH]c(OCc3ccccc3F)nc2o1. The molecule has 0 saturated carbocycles. The number of rotatable bonds is 5. The Kier molecular flexibility index (Phi) is 4.72. The highest BCUT2D eigenvalue weighted by atomic mass is 19.1. The van der Waals surface area contributed by atoms with Crippen molar-refractivity contribution in [1.29, 1.82) is 0 Å². The van der Waals surface area contributed by atoms with E-state index in [-0.39, 0.29) is 23.7 Å². The fourth-order valence-corrected chi connectivity index (χ4v) is 2.91. The van der Waals surface area contributed by atoms with E-state index in [1.807, 2.05) is 30.3 Å². The van der Waals surface area contributed by atoms with Gasteiger partial charge in [-0.25, -0.2) is 9.18 Å². The number of nitrogens with one attached hydrogen (secondary N) is 1. The van der Waals surface area contributed by atoms with Gasteiger partial charge in [0.15, 0.2) is 0 Å². The summed E-state index contributed by atoms with van der Waals surface area (Å²) in [4.78, 5) is 31.1.